The number of halogens is 1. The molecular weight excluding hydrogens is 189 g/mol. The Labute approximate surface area is 89.5 Å². The standard InChI is InChI=1S/C13H16FN/c14-11-5-3-10(4-6-11)12-8-13(12,15)7-9-1-2-9/h3-6,9,12H,1-2,7-8,15H2. The lowest BCUT2D eigenvalue weighted by atomic mass is 10.0. The molecule has 0 radical (unpaired) electrons. The summed E-state index contributed by atoms with van der Waals surface area (Å²) in [4.78, 5) is 0. The SMILES string of the molecule is NC1(CC2CC2)CC1c1ccc(F)cc1. The Morgan fingerprint density at radius 1 is 1.27 bits per heavy atom. The van der Waals surface area contributed by atoms with Crippen molar-refractivity contribution in [2.24, 2.45) is 11.7 Å². The molecule has 2 aliphatic rings. The van der Waals surface area contributed by atoms with Crippen molar-refractivity contribution in [2.45, 2.75) is 37.1 Å². The van der Waals surface area contributed by atoms with E-state index in [0.29, 0.717) is 5.92 Å². The Balaban J connectivity index is 1.71. The summed E-state index contributed by atoms with van der Waals surface area (Å²) in [5.74, 6) is 1.18. The molecule has 1 aromatic carbocycles. The molecule has 0 saturated heterocycles. The van der Waals surface area contributed by atoms with Crippen LogP contribution in [0.4, 0.5) is 4.39 Å². The number of nitrogens with two attached hydrogens (primary N) is 1. The van der Waals surface area contributed by atoms with Gasteiger partial charge in [-0.05, 0) is 36.5 Å². The summed E-state index contributed by atoms with van der Waals surface area (Å²) in [6, 6.07) is 6.82. The zero-order valence-electron chi connectivity index (χ0n) is 8.75. The molecule has 2 N–H and O–H groups in total. The van der Waals surface area contributed by atoms with Crippen LogP contribution in [-0.4, -0.2) is 5.54 Å². The van der Waals surface area contributed by atoms with Crippen molar-refractivity contribution in [1.29, 1.82) is 0 Å². The summed E-state index contributed by atoms with van der Waals surface area (Å²) >= 11 is 0. The van der Waals surface area contributed by atoms with Crippen LogP contribution in [0.5, 0.6) is 0 Å². The minimum atomic E-state index is -0.163. The Morgan fingerprint density at radius 3 is 2.53 bits per heavy atom. The van der Waals surface area contributed by atoms with Crippen LogP contribution in [0.15, 0.2) is 24.3 Å². The molecule has 2 aliphatic carbocycles. The van der Waals surface area contributed by atoms with Gasteiger partial charge in [-0.15, -0.1) is 0 Å². The van der Waals surface area contributed by atoms with E-state index in [1.807, 2.05) is 12.1 Å². The predicted molar refractivity (Wildman–Crippen MR) is 58.0 cm³/mol. The van der Waals surface area contributed by atoms with Crippen LogP contribution in [0, 0.1) is 11.7 Å². The van der Waals surface area contributed by atoms with Gasteiger partial charge >= 0.3 is 0 Å². The largest absolute Gasteiger partial charge is 0.325 e. The average molecular weight is 205 g/mol. The molecule has 1 aromatic rings. The van der Waals surface area contributed by atoms with Gasteiger partial charge in [-0.2, -0.15) is 0 Å². The van der Waals surface area contributed by atoms with Gasteiger partial charge in [0.25, 0.3) is 0 Å². The molecule has 1 nitrogen and oxygen atoms in total. The molecule has 2 fully saturated rings. The average Bonchev–Trinajstić information content (AvgIpc) is 3.09. The van der Waals surface area contributed by atoms with Crippen LogP contribution in [0.3, 0.4) is 0 Å². The van der Waals surface area contributed by atoms with Gasteiger partial charge in [0.1, 0.15) is 5.82 Å². The smallest absolute Gasteiger partial charge is 0.123 e. The van der Waals surface area contributed by atoms with E-state index in [0.717, 1.165) is 18.8 Å². The van der Waals surface area contributed by atoms with E-state index >= 15 is 0 Å². The summed E-state index contributed by atoms with van der Waals surface area (Å²) in [7, 11) is 0. The second kappa shape index (κ2) is 3.05. The number of hydrogen-bond donors (Lipinski definition) is 1. The van der Waals surface area contributed by atoms with Crippen LogP contribution in [-0.2, 0) is 0 Å². The third-order valence-electron chi connectivity index (χ3n) is 3.76. The highest BCUT2D eigenvalue weighted by molar-refractivity contribution is 5.33. The van der Waals surface area contributed by atoms with E-state index in [1.54, 1.807) is 0 Å². The second-order valence-corrected chi connectivity index (χ2v) is 5.19. The lowest BCUT2D eigenvalue weighted by Crippen LogP contribution is -2.24. The Morgan fingerprint density at radius 2 is 1.93 bits per heavy atom. The molecule has 15 heavy (non-hydrogen) atoms. The molecule has 0 aromatic heterocycles. The maximum Gasteiger partial charge on any atom is 0.123 e. The van der Waals surface area contributed by atoms with Crippen molar-refractivity contribution >= 4 is 0 Å². The molecule has 2 atom stereocenters. The second-order valence-electron chi connectivity index (χ2n) is 5.19. The predicted octanol–water partition coefficient (Wildman–Crippen LogP) is 2.81. The summed E-state index contributed by atoms with van der Waals surface area (Å²) in [6.07, 6.45) is 4.95. The lowest BCUT2D eigenvalue weighted by molar-refractivity contribution is 0.544. The topological polar surface area (TPSA) is 26.0 Å². The van der Waals surface area contributed by atoms with E-state index in [2.05, 4.69) is 0 Å². The Bertz CT molecular complexity index is 369. The van der Waals surface area contributed by atoms with Gasteiger partial charge < -0.3 is 5.73 Å². The molecule has 80 valence electrons. The molecule has 0 aliphatic heterocycles. The minimum Gasteiger partial charge on any atom is -0.325 e. The van der Waals surface area contributed by atoms with Gasteiger partial charge in [-0.25, -0.2) is 4.39 Å². The van der Waals surface area contributed by atoms with E-state index in [-0.39, 0.29) is 11.4 Å². The molecular formula is C13H16FN. The fraction of sp³-hybridized carbons (Fsp3) is 0.538. The summed E-state index contributed by atoms with van der Waals surface area (Å²) in [6.45, 7) is 0. The number of rotatable bonds is 3. The molecule has 0 bridgehead atoms. The molecule has 2 heteroatoms. The highest BCUT2D eigenvalue weighted by atomic mass is 19.1. The van der Waals surface area contributed by atoms with Gasteiger partial charge in [0.15, 0.2) is 0 Å². The fourth-order valence-electron chi connectivity index (χ4n) is 2.55. The van der Waals surface area contributed by atoms with E-state index in [4.69, 9.17) is 5.73 Å². The summed E-state index contributed by atoms with van der Waals surface area (Å²) in [5.41, 5.74) is 7.54. The van der Waals surface area contributed by atoms with Crippen molar-refractivity contribution in [3.8, 4) is 0 Å². The first-order chi connectivity index (χ1) is 7.17. The molecule has 2 saturated carbocycles. The van der Waals surface area contributed by atoms with Crippen LogP contribution in [0.1, 0.15) is 37.2 Å². The fourth-order valence-corrected chi connectivity index (χ4v) is 2.55. The maximum atomic E-state index is 12.8. The van der Waals surface area contributed by atoms with Crippen molar-refractivity contribution in [3.05, 3.63) is 35.6 Å². The third kappa shape index (κ3) is 1.78. The van der Waals surface area contributed by atoms with Crippen molar-refractivity contribution in [3.63, 3.8) is 0 Å². The summed E-state index contributed by atoms with van der Waals surface area (Å²) in [5, 5.41) is 0. The first-order valence-corrected chi connectivity index (χ1v) is 5.72. The van der Waals surface area contributed by atoms with E-state index in [1.165, 1.54) is 30.5 Å². The van der Waals surface area contributed by atoms with Gasteiger partial charge in [-0.3, -0.25) is 0 Å². The van der Waals surface area contributed by atoms with Crippen molar-refractivity contribution in [1.82, 2.24) is 0 Å². The monoisotopic (exact) mass is 205 g/mol. The van der Waals surface area contributed by atoms with Crippen molar-refractivity contribution in [2.75, 3.05) is 0 Å². The highest BCUT2D eigenvalue weighted by Gasteiger charge is 2.53. The maximum absolute atomic E-state index is 12.8. The van der Waals surface area contributed by atoms with Crippen LogP contribution < -0.4 is 5.73 Å². The molecule has 0 spiro atoms. The normalized spacial score (nSPS) is 34.1. The van der Waals surface area contributed by atoms with Gasteiger partial charge in [0.05, 0.1) is 0 Å². The van der Waals surface area contributed by atoms with Gasteiger partial charge in [-0.1, -0.05) is 25.0 Å². The zero-order valence-corrected chi connectivity index (χ0v) is 8.75. The number of hydrogen-bond acceptors (Lipinski definition) is 1. The Hall–Kier alpha value is -0.890. The minimum absolute atomic E-state index is 0.0268. The molecule has 0 amide bonds. The first-order valence-electron chi connectivity index (χ1n) is 5.72. The quantitative estimate of drug-likeness (QED) is 0.806. The van der Waals surface area contributed by atoms with Crippen LogP contribution >= 0.6 is 0 Å². The van der Waals surface area contributed by atoms with Gasteiger partial charge in [0.2, 0.25) is 0 Å². The summed E-state index contributed by atoms with van der Waals surface area (Å²) < 4.78 is 12.8. The molecule has 2 unspecified atom stereocenters. The first kappa shape index (κ1) is 9.34. The van der Waals surface area contributed by atoms with Crippen LogP contribution in [0.25, 0.3) is 0 Å². The van der Waals surface area contributed by atoms with Gasteiger partial charge in [0, 0.05) is 11.5 Å². The lowest BCUT2D eigenvalue weighted by Gasteiger charge is -2.10. The zero-order chi connectivity index (χ0) is 10.5. The highest BCUT2D eigenvalue weighted by Crippen LogP contribution is 2.55. The van der Waals surface area contributed by atoms with Crippen LogP contribution in [0.2, 0.25) is 0 Å². The van der Waals surface area contributed by atoms with Crippen molar-refractivity contribution < 1.29 is 4.39 Å². The third-order valence-corrected chi connectivity index (χ3v) is 3.76. The molecule has 0 heterocycles. The van der Waals surface area contributed by atoms with E-state index in [9.17, 15) is 4.39 Å². The van der Waals surface area contributed by atoms with E-state index < -0.39 is 0 Å². The number of benzene rings is 1. The molecule has 3 rings (SSSR count). The Kier molecular flexibility index (Phi) is 1.90.